The summed E-state index contributed by atoms with van der Waals surface area (Å²) in [5.41, 5.74) is 3.40. The monoisotopic (exact) mass is 402 g/mol. The summed E-state index contributed by atoms with van der Waals surface area (Å²) < 4.78 is 11.3. The van der Waals surface area contributed by atoms with Crippen LogP contribution in [0.15, 0.2) is 84.9 Å². The first-order valence-electron chi connectivity index (χ1n) is 9.83. The van der Waals surface area contributed by atoms with Crippen molar-refractivity contribution in [2.75, 3.05) is 6.61 Å². The van der Waals surface area contributed by atoms with Gasteiger partial charge >= 0.3 is 5.97 Å². The molecule has 0 atom stereocenters. The molecule has 0 saturated heterocycles. The first kappa shape index (κ1) is 21.2. The SMILES string of the molecule is C/C(=C\COc1ccc(OC(C)(C)C(=O)O)cc1)c1ccc(-c2ccccc2)cc1. The number of benzene rings is 3. The molecule has 154 valence electrons. The maximum atomic E-state index is 11.1. The van der Waals surface area contributed by atoms with E-state index < -0.39 is 11.6 Å². The number of ether oxygens (including phenoxy) is 2. The Bertz CT molecular complexity index is 1000. The van der Waals surface area contributed by atoms with Gasteiger partial charge in [0.15, 0.2) is 5.60 Å². The molecule has 1 N–H and O–H groups in total. The van der Waals surface area contributed by atoms with Gasteiger partial charge in [0, 0.05) is 0 Å². The molecule has 3 aromatic carbocycles. The Labute approximate surface area is 177 Å². The number of carboxylic acid groups (broad SMARTS) is 1. The molecule has 0 fully saturated rings. The number of aliphatic carboxylic acids is 1. The van der Waals surface area contributed by atoms with Gasteiger partial charge in [-0.3, -0.25) is 0 Å². The normalized spacial score (nSPS) is 11.8. The van der Waals surface area contributed by atoms with Gasteiger partial charge in [0.2, 0.25) is 0 Å². The lowest BCUT2D eigenvalue weighted by Crippen LogP contribution is -2.37. The number of carbonyl (C=O) groups is 1. The summed E-state index contributed by atoms with van der Waals surface area (Å²) in [6, 6.07) is 25.7. The molecule has 0 heterocycles. The maximum Gasteiger partial charge on any atom is 0.347 e. The van der Waals surface area contributed by atoms with Gasteiger partial charge in [-0.05, 0) is 73.4 Å². The van der Waals surface area contributed by atoms with Gasteiger partial charge in [0.05, 0.1) is 0 Å². The van der Waals surface area contributed by atoms with Gasteiger partial charge in [-0.25, -0.2) is 4.79 Å². The van der Waals surface area contributed by atoms with Crippen LogP contribution in [0, 0.1) is 0 Å². The van der Waals surface area contributed by atoms with Crippen molar-refractivity contribution in [2.24, 2.45) is 0 Å². The minimum absolute atomic E-state index is 0.438. The zero-order valence-corrected chi connectivity index (χ0v) is 17.5. The van der Waals surface area contributed by atoms with Crippen LogP contribution in [0.5, 0.6) is 11.5 Å². The van der Waals surface area contributed by atoms with Crippen LogP contribution >= 0.6 is 0 Å². The van der Waals surface area contributed by atoms with Crippen LogP contribution in [0.25, 0.3) is 16.7 Å². The minimum atomic E-state index is -1.28. The van der Waals surface area contributed by atoms with E-state index >= 15 is 0 Å². The van der Waals surface area contributed by atoms with E-state index in [1.54, 1.807) is 24.3 Å². The average molecular weight is 402 g/mol. The van der Waals surface area contributed by atoms with Crippen molar-refractivity contribution < 1.29 is 19.4 Å². The van der Waals surface area contributed by atoms with Crippen molar-refractivity contribution in [3.63, 3.8) is 0 Å². The van der Waals surface area contributed by atoms with Crippen molar-refractivity contribution in [3.8, 4) is 22.6 Å². The van der Waals surface area contributed by atoms with E-state index in [-0.39, 0.29) is 0 Å². The van der Waals surface area contributed by atoms with Crippen LogP contribution in [0.3, 0.4) is 0 Å². The largest absolute Gasteiger partial charge is 0.490 e. The molecular formula is C26H26O4. The molecule has 0 unspecified atom stereocenters. The van der Waals surface area contributed by atoms with Gasteiger partial charge < -0.3 is 14.6 Å². The van der Waals surface area contributed by atoms with Gasteiger partial charge in [0.25, 0.3) is 0 Å². The quantitative estimate of drug-likeness (QED) is 0.496. The van der Waals surface area contributed by atoms with Crippen molar-refractivity contribution in [2.45, 2.75) is 26.4 Å². The molecule has 0 bridgehead atoms. The Balaban J connectivity index is 1.56. The Kier molecular flexibility index (Phi) is 6.58. The predicted molar refractivity (Wildman–Crippen MR) is 120 cm³/mol. The highest BCUT2D eigenvalue weighted by Crippen LogP contribution is 2.24. The van der Waals surface area contributed by atoms with Gasteiger partial charge in [-0.2, -0.15) is 0 Å². The molecule has 0 radical (unpaired) electrons. The lowest BCUT2D eigenvalue weighted by Gasteiger charge is -2.21. The zero-order valence-electron chi connectivity index (χ0n) is 17.5. The first-order valence-corrected chi connectivity index (χ1v) is 9.83. The third-order valence-electron chi connectivity index (χ3n) is 4.80. The number of carboxylic acids is 1. The third kappa shape index (κ3) is 5.51. The summed E-state index contributed by atoms with van der Waals surface area (Å²) in [4.78, 5) is 11.1. The molecule has 0 aliphatic carbocycles. The van der Waals surface area contributed by atoms with E-state index in [0.717, 1.165) is 11.1 Å². The van der Waals surface area contributed by atoms with Crippen LogP contribution in [-0.4, -0.2) is 23.3 Å². The van der Waals surface area contributed by atoms with Crippen molar-refractivity contribution >= 4 is 11.5 Å². The summed E-state index contributed by atoms with van der Waals surface area (Å²) in [7, 11) is 0. The van der Waals surface area contributed by atoms with E-state index in [9.17, 15) is 4.79 Å². The van der Waals surface area contributed by atoms with E-state index in [1.165, 1.54) is 25.0 Å². The fourth-order valence-corrected chi connectivity index (χ4v) is 2.88. The highest BCUT2D eigenvalue weighted by atomic mass is 16.5. The smallest absolute Gasteiger partial charge is 0.347 e. The summed E-state index contributed by atoms with van der Waals surface area (Å²) in [6.45, 7) is 5.53. The van der Waals surface area contributed by atoms with Gasteiger partial charge in [0.1, 0.15) is 18.1 Å². The number of rotatable bonds is 8. The number of hydrogen-bond donors (Lipinski definition) is 1. The Morgan fingerprint density at radius 1 is 0.867 bits per heavy atom. The summed E-state index contributed by atoms with van der Waals surface area (Å²) in [5, 5.41) is 9.14. The van der Waals surface area contributed by atoms with Crippen LogP contribution < -0.4 is 9.47 Å². The molecule has 4 nitrogen and oxygen atoms in total. The fraction of sp³-hybridized carbons (Fsp3) is 0.192. The van der Waals surface area contributed by atoms with Crippen molar-refractivity contribution in [1.29, 1.82) is 0 Å². The van der Waals surface area contributed by atoms with Gasteiger partial charge in [-0.15, -0.1) is 0 Å². The average Bonchev–Trinajstić information content (AvgIpc) is 2.75. The first-order chi connectivity index (χ1) is 14.3. The Morgan fingerprint density at radius 3 is 2.03 bits per heavy atom. The molecule has 0 aliphatic heterocycles. The van der Waals surface area contributed by atoms with E-state index in [2.05, 4.69) is 43.3 Å². The van der Waals surface area contributed by atoms with Crippen molar-refractivity contribution in [1.82, 2.24) is 0 Å². The molecule has 4 heteroatoms. The highest BCUT2D eigenvalue weighted by molar-refractivity contribution is 5.76. The highest BCUT2D eigenvalue weighted by Gasteiger charge is 2.29. The molecule has 0 aliphatic rings. The standard InChI is InChI=1S/C26H26O4/c1-19(20-9-11-22(12-10-20)21-7-5-4-6-8-21)17-18-29-23-13-15-24(16-14-23)30-26(2,3)25(27)28/h4-17H,18H2,1-3H3,(H,27,28)/b19-17+. The lowest BCUT2D eigenvalue weighted by molar-refractivity contribution is -0.152. The lowest BCUT2D eigenvalue weighted by atomic mass is 10.0. The van der Waals surface area contributed by atoms with E-state index in [0.29, 0.717) is 18.1 Å². The second-order valence-electron chi connectivity index (χ2n) is 7.53. The second kappa shape index (κ2) is 9.31. The maximum absolute atomic E-state index is 11.1. The van der Waals surface area contributed by atoms with Crippen molar-refractivity contribution in [3.05, 3.63) is 90.5 Å². The van der Waals surface area contributed by atoms with Crippen LogP contribution in [-0.2, 0) is 4.79 Å². The summed E-state index contributed by atoms with van der Waals surface area (Å²) in [5.74, 6) is 0.166. The molecule has 0 saturated carbocycles. The zero-order chi connectivity index (χ0) is 21.6. The minimum Gasteiger partial charge on any atom is -0.490 e. The van der Waals surface area contributed by atoms with E-state index in [4.69, 9.17) is 14.6 Å². The number of allylic oxidation sites excluding steroid dienone is 1. The van der Waals surface area contributed by atoms with E-state index in [1.807, 2.05) is 24.3 Å². The Hall–Kier alpha value is -3.53. The summed E-state index contributed by atoms with van der Waals surface area (Å²) >= 11 is 0. The molecule has 3 rings (SSSR count). The predicted octanol–water partition coefficient (Wildman–Crippen LogP) is 6.08. The summed E-state index contributed by atoms with van der Waals surface area (Å²) in [6.07, 6.45) is 2.04. The van der Waals surface area contributed by atoms with Crippen LogP contribution in [0.4, 0.5) is 0 Å². The molecule has 0 spiro atoms. The van der Waals surface area contributed by atoms with Crippen LogP contribution in [0.1, 0.15) is 26.3 Å². The van der Waals surface area contributed by atoms with Gasteiger partial charge in [-0.1, -0.05) is 54.6 Å². The fourth-order valence-electron chi connectivity index (χ4n) is 2.88. The topological polar surface area (TPSA) is 55.8 Å². The second-order valence-corrected chi connectivity index (χ2v) is 7.53. The molecule has 30 heavy (non-hydrogen) atoms. The Morgan fingerprint density at radius 2 is 1.43 bits per heavy atom. The molecule has 0 amide bonds. The molecule has 0 aromatic heterocycles. The molecule has 3 aromatic rings. The molecular weight excluding hydrogens is 376 g/mol. The number of hydrogen-bond acceptors (Lipinski definition) is 3. The third-order valence-corrected chi connectivity index (χ3v) is 4.80. The van der Waals surface area contributed by atoms with Crippen LogP contribution in [0.2, 0.25) is 0 Å².